The first-order chi connectivity index (χ1) is 15.5. The second-order valence-electron chi connectivity index (χ2n) is 7.80. The Labute approximate surface area is 193 Å². The molecule has 178 valence electrons. The zero-order valence-electron chi connectivity index (χ0n) is 19.8. The molecule has 10 nitrogen and oxygen atoms in total. The minimum absolute atomic E-state index is 0.286. The Morgan fingerprint density at radius 2 is 1.76 bits per heavy atom. The summed E-state index contributed by atoms with van der Waals surface area (Å²) in [6.07, 6.45) is 0. The molecule has 1 heterocycles. The number of aromatic amines is 1. The smallest absolute Gasteiger partial charge is 0.303 e. The number of fused-ring (bicyclic) bond motifs is 1. The van der Waals surface area contributed by atoms with Crippen LogP contribution in [0.1, 0.15) is 11.1 Å². The summed E-state index contributed by atoms with van der Waals surface area (Å²) in [5.74, 6) is 1.36. The maximum atomic E-state index is 12.9. The van der Waals surface area contributed by atoms with Gasteiger partial charge in [-0.2, -0.15) is 12.7 Å². The summed E-state index contributed by atoms with van der Waals surface area (Å²) in [6, 6.07) is 8.86. The summed E-state index contributed by atoms with van der Waals surface area (Å²) in [5, 5.41) is 0.433. The number of nitrogens with zero attached hydrogens (tertiary/aromatic N) is 4. The third-order valence-corrected chi connectivity index (χ3v) is 7.26. The van der Waals surface area contributed by atoms with Gasteiger partial charge in [0.2, 0.25) is 5.95 Å². The summed E-state index contributed by atoms with van der Waals surface area (Å²) in [5.41, 5.74) is 2.23. The minimum Gasteiger partial charge on any atom is -0.493 e. The molecule has 3 rings (SSSR count). The molecular formula is C22H29N5O5S. The summed E-state index contributed by atoms with van der Waals surface area (Å²) in [7, 11) is 5.72. The topological polar surface area (TPSA) is 108 Å². The number of anilines is 2. The summed E-state index contributed by atoms with van der Waals surface area (Å²) in [6.45, 7) is 2.18. The van der Waals surface area contributed by atoms with Crippen LogP contribution in [-0.4, -0.2) is 65.1 Å². The maximum absolute atomic E-state index is 12.9. The lowest BCUT2D eigenvalue weighted by molar-refractivity contribution is 0.354. The highest BCUT2D eigenvalue weighted by Crippen LogP contribution is 2.35. The number of rotatable bonds is 8. The molecule has 0 saturated carbocycles. The molecule has 0 saturated heterocycles. The van der Waals surface area contributed by atoms with Crippen LogP contribution in [0.15, 0.2) is 35.1 Å². The van der Waals surface area contributed by atoms with Crippen molar-refractivity contribution in [2.45, 2.75) is 13.5 Å². The molecule has 0 fully saturated rings. The van der Waals surface area contributed by atoms with Gasteiger partial charge in [0.25, 0.3) is 5.56 Å². The highest BCUT2D eigenvalue weighted by molar-refractivity contribution is 7.90. The predicted molar refractivity (Wildman–Crippen MR) is 130 cm³/mol. The Bertz CT molecular complexity index is 1340. The van der Waals surface area contributed by atoms with E-state index in [1.807, 2.05) is 6.07 Å². The van der Waals surface area contributed by atoms with E-state index in [4.69, 9.17) is 9.47 Å². The average Bonchev–Trinajstić information content (AvgIpc) is 2.77. The van der Waals surface area contributed by atoms with Crippen molar-refractivity contribution in [1.82, 2.24) is 14.3 Å². The van der Waals surface area contributed by atoms with E-state index in [1.165, 1.54) is 39.7 Å². The molecule has 0 aliphatic carbocycles. The summed E-state index contributed by atoms with van der Waals surface area (Å²) >= 11 is 0. The number of nitrogens with one attached hydrogen (secondary N) is 1. The molecule has 3 aromatic rings. The van der Waals surface area contributed by atoms with E-state index >= 15 is 0 Å². The molecular weight excluding hydrogens is 446 g/mol. The van der Waals surface area contributed by atoms with Gasteiger partial charge >= 0.3 is 10.2 Å². The van der Waals surface area contributed by atoms with E-state index in [2.05, 4.69) is 9.97 Å². The van der Waals surface area contributed by atoms with Crippen LogP contribution >= 0.6 is 0 Å². The van der Waals surface area contributed by atoms with Gasteiger partial charge in [-0.05, 0) is 24.6 Å². The minimum atomic E-state index is -3.60. The van der Waals surface area contributed by atoms with E-state index in [0.717, 1.165) is 9.87 Å². The predicted octanol–water partition coefficient (Wildman–Crippen LogP) is 2.13. The molecule has 1 N–H and O–H groups in total. The Morgan fingerprint density at radius 3 is 2.36 bits per heavy atom. The molecule has 0 spiro atoms. The monoisotopic (exact) mass is 475 g/mol. The average molecular weight is 476 g/mol. The van der Waals surface area contributed by atoms with Gasteiger partial charge in [0.05, 0.1) is 30.8 Å². The Morgan fingerprint density at radius 1 is 1.06 bits per heavy atom. The van der Waals surface area contributed by atoms with Crippen LogP contribution < -0.4 is 24.2 Å². The largest absolute Gasteiger partial charge is 0.493 e. The normalized spacial score (nSPS) is 11.6. The van der Waals surface area contributed by atoms with E-state index in [-0.39, 0.29) is 5.56 Å². The van der Waals surface area contributed by atoms with E-state index in [9.17, 15) is 13.2 Å². The fourth-order valence-electron chi connectivity index (χ4n) is 3.60. The quantitative estimate of drug-likeness (QED) is 0.532. The van der Waals surface area contributed by atoms with Crippen molar-refractivity contribution >= 4 is 32.7 Å². The van der Waals surface area contributed by atoms with Gasteiger partial charge < -0.3 is 14.4 Å². The number of benzene rings is 2. The van der Waals surface area contributed by atoms with Crippen LogP contribution in [0.4, 0.5) is 11.6 Å². The number of methoxy groups -OCH3 is 2. The molecule has 0 aliphatic heterocycles. The number of aromatic nitrogens is 2. The van der Waals surface area contributed by atoms with Crippen LogP contribution in [0.5, 0.6) is 11.5 Å². The van der Waals surface area contributed by atoms with Crippen LogP contribution in [0, 0.1) is 6.92 Å². The molecule has 33 heavy (non-hydrogen) atoms. The van der Waals surface area contributed by atoms with Crippen molar-refractivity contribution in [1.29, 1.82) is 0 Å². The second-order valence-corrected chi connectivity index (χ2v) is 9.98. The van der Waals surface area contributed by atoms with Crippen molar-refractivity contribution in [2.24, 2.45) is 0 Å². The zero-order chi connectivity index (χ0) is 24.5. The molecule has 2 aromatic carbocycles. The van der Waals surface area contributed by atoms with Crippen LogP contribution in [0.25, 0.3) is 10.9 Å². The van der Waals surface area contributed by atoms with Gasteiger partial charge in [-0.15, -0.1) is 0 Å². The second kappa shape index (κ2) is 9.28. The van der Waals surface area contributed by atoms with Crippen LogP contribution in [0.2, 0.25) is 0 Å². The van der Waals surface area contributed by atoms with E-state index in [1.54, 1.807) is 43.1 Å². The van der Waals surface area contributed by atoms with Gasteiger partial charge in [0.15, 0.2) is 11.5 Å². The lowest BCUT2D eigenvalue weighted by Gasteiger charge is -2.24. The first-order valence-corrected chi connectivity index (χ1v) is 11.5. The molecule has 0 unspecified atom stereocenters. The van der Waals surface area contributed by atoms with Crippen LogP contribution in [-0.2, 0) is 16.8 Å². The number of hydrogen-bond donors (Lipinski definition) is 1. The molecule has 0 atom stereocenters. The number of ether oxygens (including phenoxy) is 2. The van der Waals surface area contributed by atoms with E-state index < -0.39 is 10.2 Å². The third-order valence-electron chi connectivity index (χ3n) is 5.43. The van der Waals surface area contributed by atoms with Gasteiger partial charge in [0, 0.05) is 46.4 Å². The Hall–Kier alpha value is -3.31. The summed E-state index contributed by atoms with van der Waals surface area (Å²) < 4.78 is 38.0. The van der Waals surface area contributed by atoms with Crippen molar-refractivity contribution in [3.05, 3.63) is 51.8 Å². The first kappa shape index (κ1) is 24.3. The van der Waals surface area contributed by atoms with Gasteiger partial charge in [-0.25, -0.2) is 4.98 Å². The Kier molecular flexibility index (Phi) is 6.84. The molecule has 0 bridgehead atoms. The van der Waals surface area contributed by atoms with Crippen molar-refractivity contribution in [2.75, 3.05) is 51.6 Å². The molecule has 0 amide bonds. The van der Waals surface area contributed by atoms with Crippen molar-refractivity contribution in [3.8, 4) is 11.5 Å². The Balaban J connectivity index is 1.96. The fraction of sp³-hybridized carbons (Fsp3) is 0.364. The number of aryl methyl sites for hydroxylation is 1. The lowest BCUT2D eigenvalue weighted by atomic mass is 10.1. The third kappa shape index (κ3) is 4.60. The van der Waals surface area contributed by atoms with Gasteiger partial charge in [-0.3, -0.25) is 14.1 Å². The van der Waals surface area contributed by atoms with Crippen molar-refractivity contribution in [3.63, 3.8) is 0 Å². The molecule has 0 aliphatic rings. The van der Waals surface area contributed by atoms with Crippen LogP contribution in [0.3, 0.4) is 0 Å². The SMILES string of the molecule is COc1cc2nc(N(C)Cc3cccc(N(C)S(=O)(=O)N(C)C)c3)[nH]c(=O)c2c(C)c1OC. The molecule has 11 heteroatoms. The highest BCUT2D eigenvalue weighted by atomic mass is 32.2. The molecule has 0 radical (unpaired) electrons. The maximum Gasteiger partial charge on any atom is 0.303 e. The standard InChI is InChI=1S/C22H29N5O5S/c1-14-19-17(12-18(31-6)20(14)32-7)23-22(24-21(19)28)26(4)13-15-9-8-10-16(11-15)27(5)33(29,30)25(2)3/h8-12H,13H2,1-7H3,(H,23,24,28). The number of H-pyrrole nitrogens is 1. The van der Waals surface area contributed by atoms with E-state index in [0.29, 0.717) is 46.1 Å². The van der Waals surface area contributed by atoms with Gasteiger partial charge in [0.1, 0.15) is 0 Å². The molecule has 1 aromatic heterocycles. The first-order valence-electron chi connectivity index (χ1n) is 10.1. The fourth-order valence-corrected chi connectivity index (χ4v) is 4.47. The van der Waals surface area contributed by atoms with Crippen molar-refractivity contribution < 1.29 is 17.9 Å². The highest BCUT2D eigenvalue weighted by Gasteiger charge is 2.21. The zero-order valence-corrected chi connectivity index (χ0v) is 20.6. The van der Waals surface area contributed by atoms with Gasteiger partial charge in [-0.1, -0.05) is 12.1 Å². The lowest BCUT2D eigenvalue weighted by Crippen LogP contribution is -2.37. The summed E-state index contributed by atoms with van der Waals surface area (Å²) in [4.78, 5) is 22.1. The number of hydrogen-bond acceptors (Lipinski definition) is 7.